The molecule has 1 nitrogen and oxygen atoms in total. The summed E-state index contributed by atoms with van der Waals surface area (Å²) in [6, 6.07) is 0. The molecule has 3 rings (SSSR count). The number of rotatable bonds is 5. The van der Waals surface area contributed by atoms with Crippen LogP contribution in [0.1, 0.15) is 65.2 Å². The first-order valence-electron chi connectivity index (χ1n) is 7.98. The first-order chi connectivity index (χ1) is 8.33. The van der Waals surface area contributed by atoms with Crippen molar-refractivity contribution in [2.45, 2.75) is 77.4 Å². The molecule has 3 saturated carbocycles. The van der Waals surface area contributed by atoms with Crippen molar-refractivity contribution in [2.75, 3.05) is 0 Å². The van der Waals surface area contributed by atoms with E-state index in [4.69, 9.17) is 4.74 Å². The van der Waals surface area contributed by atoms with Crippen molar-refractivity contribution in [1.82, 2.24) is 0 Å². The predicted octanol–water partition coefficient (Wildman–Crippen LogP) is 4.41. The molecule has 0 N–H and O–H groups in total. The lowest BCUT2D eigenvalue weighted by Crippen LogP contribution is -2.33. The van der Waals surface area contributed by atoms with Gasteiger partial charge in [0.15, 0.2) is 0 Å². The maximum Gasteiger partial charge on any atom is 0.0612 e. The minimum atomic E-state index is 0.546. The van der Waals surface area contributed by atoms with Crippen LogP contribution in [0.2, 0.25) is 0 Å². The molecule has 17 heavy (non-hydrogen) atoms. The molecule has 0 spiro atoms. The van der Waals surface area contributed by atoms with E-state index in [1.54, 1.807) is 0 Å². The lowest BCUT2D eigenvalue weighted by Gasteiger charge is -2.33. The Bertz CT molecular complexity index is 262. The number of hydrogen-bond donors (Lipinski definition) is 0. The standard InChI is InChI=1S/C16H28O/c1-3-6-12(4-2)17-16-10-11-9-15(16)14-8-5-7-13(11)14/h11-16H,3-10H2,1-2H3. The summed E-state index contributed by atoms with van der Waals surface area (Å²) >= 11 is 0. The highest BCUT2D eigenvalue weighted by atomic mass is 16.5. The van der Waals surface area contributed by atoms with Crippen molar-refractivity contribution in [3.8, 4) is 0 Å². The van der Waals surface area contributed by atoms with Crippen LogP contribution in [-0.2, 0) is 4.74 Å². The molecular formula is C16H28O. The van der Waals surface area contributed by atoms with Gasteiger partial charge < -0.3 is 4.74 Å². The van der Waals surface area contributed by atoms with E-state index in [2.05, 4.69) is 13.8 Å². The molecule has 98 valence electrons. The van der Waals surface area contributed by atoms with Crippen LogP contribution in [-0.4, -0.2) is 12.2 Å². The lowest BCUT2D eigenvalue weighted by molar-refractivity contribution is -0.0619. The van der Waals surface area contributed by atoms with Gasteiger partial charge in [-0.15, -0.1) is 0 Å². The van der Waals surface area contributed by atoms with Gasteiger partial charge >= 0.3 is 0 Å². The molecular weight excluding hydrogens is 208 g/mol. The van der Waals surface area contributed by atoms with E-state index < -0.39 is 0 Å². The second-order valence-electron chi connectivity index (χ2n) is 6.65. The minimum absolute atomic E-state index is 0.546. The Morgan fingerprint density at radius 2 is 1.88 bits per heavy atom. The van der Waals surface area contributed by atoms with E-state index in [0.717, 1.165) is 23.7 Å². The third kappa shape index (κ3) is 2.05. The fourth-order valence-corrected chi connectivity index (χ4v) is 5.10. The third-order valence-corrected chi connectivity index (χ3v) is 5.80. The Hall–Kier alpha value is -0.0400. The topological polar surface area (TPSA) is 9.23 Å². The SMILES string of the molecule is CCCC(CC)OC1CC2CC1C1CCCC21. The van der Waals surface area contributed by atoms with Crippen LogP contribution in [0, 0.1) is 23.7 Å². The van der Waals surface area contributed by atoms with Gasteiger partial charge in [0.2, 0.25) is 0 Å². The normalized spacial score (nSPS) is 45.2. The zero-order chi connectivity index (χ0) is 11.8. The summed E-state index contributed by atoms with van der Waals surface area (Å²) in [4.78, 5) is 0. The Morgan fingerprint density at radius 3 is 2.65 bits per heavy atom. The molecule has 0 aromatic heterocycles. The molecule has 0 aromatic rings. The number of hydrogen-bond acceptors (Lipinski definition) is 1. The maximum absolute atomic E-state index is 6.44. The van der Waals surface area contributed by atoms with E-state index >= 15 is 0 Å². The molecule has 0 radical (unpaired) electrons. The van der Waals surface area contributed by atoms with Crippen molar-refractivity contribution in [3.63, 3.8) is 0 Å². The molecule has 0 amide bonds. The second kappa shape index (κ2) is 4.91. The third-order valence-electron chi connectivity index (χ3n) is 5.80. The average molecular weight is 236 g/mol. The molecule has 0 saturated heterocycles. The maximum atomic E-state index is 6.44. The van der Waals surface area contributed by atoms with Crippen LogP contribution in [0.15, 0.2) is 0 Å². The fourth-order valence-electron chi connectivity index (χ4n) is 5.10. The van der Waals surface area contributed by atoms with Crippen molar-refractivity contribution < 1.29 is 4.74 Å². The molecule has 2 bridgehead atoms. The van der Waals surface area contributed by atoms with Crippen molar-refractivity contribution in [2.24, 2.45) is 23.7 Å². The zero-order valence-corrected chi connectivity index (χ0v) is 11.5. The van der Waals surface area contributed by atoms with Gasteiger partial charge in [0.05, 0.1) is 12.2 Å². The summed E-state index contributed by atoms with van der Waals surface area (Å²) in [6.07, 6.45) is 12.4. The smallest absolute Gasteiger partial charge is 0.0612 e. The van der Waals surface area contributed by atoms with Crippen LogP contribution < -0.4 is 0 Å². The van der Waals surface area contributed by atoms with E-state index in [9.17, 15) is 0 Å². The van der Waals surface area contributed by atoms with Crippen LogP contribution in [0.4, 0.5) is 0 Å². The van der Waals surface area contributed by atoms with Gasteiger partial charge in [-0.3, -0.25) is 0 Å². The molecule has 3 aliphatic rings. The van der Waals surface area contributed by atoms with E-state index in [0.29, 0.717) is 12.2 Å². The first-order valence-corrected chi connectivity index (χ1v) is 7.98. The largest absolute Gasteiger partial charge is 0.375 e. The fraction of sp³-hybridized carbons (Fsp3) is 1.00. The Labute approximate surface area is 106 Å². The summed E-state index contributed by atoms with van der Waals surface area (Å²) in [5.74, 6) is 4.14. The van der Waals surface area contributed by atoms with Gasteiger partial charge in [0, 0.05) is 0 Å². The molecule has 0 aromatic carbocycles. The second-order valence-corrected chi connectivity index (χ2v) is 6.65. The van der Waals surface area contributed by atoms with E-state index in [1.807, 2.05) is 0 Å². The summed E-state index contributed by atoms with van der Waals surface area (Å²) in [5, 5.41) is 0. The predicted molar refractivity (Wildman–Crippen MR) is 70.9 cm³/mol. The first kappa shape index (κ1) is 12.0. The van der Waals surface area contributed by atoms with Gasteiger partial charge in [-0.1, -0.05) is 26.7 Å². The number of ether oxygens (including phenoxy) is 1. The minimum Gasteiger partial charge on any atom is -0.375 e. The Balaban J connectivity index is 1.59. The van der Waals surface area contributed by atoms with Crippen molar-refractivity contribution in [3.05, 3.63) is 0 Å². The van der Waals surface area contributed by atoms with Gasteiger partial charge in [-0.25, -0.2) is 0 Å². The van der Waals surface area contributed by atoms with Gasteiger partial charge in [-0.2, -0.15) is 0 Å². The average Bonchev–Trinajstić information content (AvgIpc) is 2.99. The zero-order valence-electron chi connectivity index (χ0n) is 11.5. The summed E-state index contributed by atoms with van der Waals surface area (Å²) in [5.41, 5.74) is 0. The highest BCUT2D eigenvalue weighted by molar-refractivity contribution is 5.03. The van der Waals surface area contributed by atoms with Gasteiger partial charge in [0.25, 0.3) is 0 Å². The lowest BCUT2D eigenvalue weighted by atomic mass is 9.80. The highest BCUT2D eigenvalue weighted by Crippen LogP contribution is 2.59. The van der Waals surface area contributed by atoms with E-state index in [-0.39, 0.29) is 0 Å². The monoisotopic (exact) mass is 236 g/mol. The molecule has 0 heterocycles. The van der Waals surface area contributed by atoms with Crippen LogP contribution in [0.5, 0.6) is 0 Å². The molecule has 6 atom stereocenters. The van der Waals surface area contributed by atoms with Crippen molar-refractivity contribution >= 4 is 0 Å². The highest BCUT2D eigenvalue weighted by Gasteiger charge is 2.54. The quantitative estimate of drug-likeness (QED) is 0.687. The molecule has 0 aliphatic heterocycles. The van der Waals surface area contributed by atoms with Crippen molar-refractivity contribution in [1.29, 1.82) is 0 Å². The van der Waals surface area contributed by atoms with E-state index in [1.165, 1.54) is 51.4 Å². The summed E-state index contributed by atoms with van der Waals surface area (Å²) in [7, 11) is 0. The molecule has 6 unspecified atom stereocenters. The molecule has 3 aliphatic carbocycles. The summed E-state index contributed by atoms with van der Waals surface area (Å²) < 4.78 is 6.44. The summed E-state index contributed by atoms with van der Waals surface area (Å²) in [6.45, 7) is 4.56. The van der Waals surface area contributed by atoms with Gasteiger partial charge in [0.1, 0.15) is 0 Å². The van der Waals surface area contributed by atoms with Crippen LogP contribution in [0.25, 0.3) is 0 Å². The van der Waals surface area contributed by atoms with Gasteiger partial charge in [-0.05, 0) is 62.2 Å². The van der Waals surface area contributed by atoms with Crippen LogP contribution in [0.3, 0.4) is 0 Å². The molecule has 1 heteroatoms. The van der Waals surface area contributed by atoms with Crippen LogP contribution >= 0.6 is 0 Å². The number of fused-ring (bicyclic) bond motifs is 5. The Morgan fingerprint density at radius 1 is 1.06 bits per heavy atom. The Kier molecular flexibility index (Phi) is 3.47. The molecule has 3 fully saturated rings.